The van der Waals surface area contributed by atoms with Crippen LogP contribution in [0.2, 0.25) is 0 Å². The largest absolute Gasteiger partial charge is 0.471 e. The van der Waals surface area contributed by atoms with E-state index >= 15 is 0 Å². The summed E-state index contributed by atoms with van der Waals surface area (Å²) in [4.78, 5) is 38.0. The van der Waals surface area contributed by atoms with Gasteiger partial charge >= 0.3 is 0 Å². The fourth-order valence-corrected chi connectivity index (χ4v) is 7.11. The second kappa shape index (κ2) is 20.5. The molecule has 320 valence electrons. The molecule has 0 bridgehead atoms. The number of benzene rings is 2. The molecule has 2 aromatic carbocycles. The quantitative estimate of drug-likeness (QED) is 0.169. The number of para-hydroxylation sites is 2. The zero-order valence-corrected chi connectivity index (χ0v) is 35.0. The van der Waals surface area contributed by atoms with E-state index in [1.54, 1.807) is 49.4 Å². The highest BCUT2D eigenvalue weighted by Crippen LogP contribution is 2.29. The molecular weight excluding hydrogens is 807 g/mol. The van der Waals surface area contributed by atoms with Crippen molar-refractivity contribution in [2.75, 3.05) is 46.5 Å². The maximum Gasteiger partial charge on any atom is 0.228 e. The van der Waals surface area contributed by atoms with Crippen LogP contribution < -0.4 is 38.5 Å². The number of hydrogen-bond donors (Lipinski definition) is 0. The summed E-state index contributed by atoms with van der Waals surface area (Å²) >= 11 is 0. The van der Waals surface area contributed by atoms with Crippen molar-refractivity contribution in [2.45, 2.75) is 26.2 Å². The van der Waals surface area contributed by atoms with Crippen molar-refractivity contribution in [3.8, 4) is 23.1 Å². The molecule has 0 N–H and O–H groups in total. The van der Waals surface area contributed by atoms with Crippen LogP contribution in [0.1, 0.15) is 22.6 Å². The van der Waals surface area contributed by atoms with Gasteiger partial charge in [-0.3, -0.25) is 19.9 Å². The van der Waals surface area contributed by atoms with Crippen LogP contribution in [0.15, 0.2) is 177 Å². The number of ether oxygens (including phenoxy) is 4. The predicted octanol–water partition coefficient (Wildman–Crippen LogP) is 7.94. The van der Waals surface area contributed by atoms with E-state index in [4.69, 9.17) is 18.9 Å². The van der Waals surface area contributed by atoms with Gasteiger partial charge in [-0.05, 0) is 84.9 Å². The van der Waals surface area contributed by atoms with Gasteiger partial charge in [0.05, 0.1) is 38.1 Å². The van der Waals surface area contributed by atoms with Crippen LogP contribution in [0.3, 0.4) is 0 Å². The zero-order valence-electron chi connectivity index (χ0n) is 35.0. The average molecular weight is 852 g/mol. The van der Waals surface area contributed by atoms with Crippen LogP contribution in [0.4, 0.5) is 23.0 Å². The number of fused-ring (bicyclic) bond motifs is 4. The van der Waals surface area contributed by atoms with Crippen molar-refractivity contribution in [1.82, 2.24) is 34.9 Å². The molecule has 0 saturated heterocycles. The van der Waals surface area contributed by atoms with Crippen molar-refractivity contribution in [3.63, 3.8) is 0 Å². The molecule has 0 spiro atoms. The van der Waals surface area contributed by atoms with Crippen molar-refractivity contribution in [3.05, 3.63) is 200 Å². The Morgan fingerprint density at radius 1 is 0.344 bits per heavy atom. The Morgan fingerprint density at radius 2 is 0.781 bits per heavy atom. The number of hydrogen-bond acceptors (Lipinski definition) is 15. The summed E-state index contributed by atoms with van der Waals surface area (Å²) in [6.07, 6.45) is 14.1. The van der Waals surface area contributed by atoms with Gasteiger partial charge in [0.2, 0.25) is 11.8 Å². The first-order valence-electron chi connectivity index (χ1n) is 20.8. The minimum atomic E-state index is 0.461. The van der Waals surface area contributed by atoms with E-state index in [1.807, 2.05) is 102 Å². The van der Waals surface area contributed by atoms with Crippen LogP contribution in [0.5, 0.6) is 23.1 Å². The van der Waals surface area contributed by atoms with Crippen LogP contribution in [0.25, 0.3) is 0 Å². The Morgan fingerprint density at radius 3 is 1.34 bits per heavy atom. The molecule has 0 radical (unpaired) electrons. The fourth-order valence-electron chi connectivity index (χ4n) is 7.11. The molecule has 0 fully saturated rings. The van der Waals surface area contributed by atoms with Crippen molar-refractivity contribution < 1.29 is 18.9 Å². The number of rotatable bonds is 4. The summed E-state index contributed by atoms with van der Waals surface area (Å²) in [5.41, 5.74) is 7.42. The Hall–Kier alpha value is -8.33. The molecule has 15 heteroatoms. The summed E-state index contributed by atoms with van der Waals surface area (Å²) in [5.74, 6) is 4.04. The van der Waals surface area contributed by atoms with Gasteiger partial charge in [-0.15, -0.1) is 0 Å². The molecule has 0 atom stereocenters. The normalized spacial score (nSPS) is 14.1. The first kappa shape index (κ1) is 41.0. The summed E-state index contributed by atoms with van der Waals surface area (Å²) in [6, 6.07) is 41.7. The molecule has 4 aliphatic rings. The van der Waals surface area contributed by atoms with E-state index in [1.165, 1.54) is 11.4 Å². The van der Waals surface area contributed by atoms with Gasteiger partial charge in [-0.1, -0.05) is 42.5 Å². The van der Waals surface area contributed by atoms with Crippen molar-refractivity contribution >= 4 is 23.0 Å². The van der Waals surface area contributed by atoms with Crippen LogP contribution in [-0.2, 0) is 26.2 Å². The monoisotopic (exact) mass is 851 g/mol. The maximum atomic E-state index is 5.65. The Bertz CT molecular complexity index is 2320. The third-order valence-corrected chi connectivity index (χ3v) is 10.4. The lowest BCUT2D eigenvalue weighted by Gasteiger charge is -2.29. The van der Waals surface area contributed by atoms with Crippen LogP contribution in [0, 0.1) is 0 Å². The van der Waals surface area contributed by atoms with Gasteiger partial charge in [0.1, 0.15) is 34.3 Å². The van der Waals surface area contributed by atoms with E-state index in [2.05, 4.69) is 79.9 Å². The van der Waals surface area contributed by atoms with Crippen molar-refractivity contribution in [1.29, 1.82) is 0 Å². The molecule has 0 unspecified atom stereocenters. The highest BCUT2D eigenvalue weighted by molar-refractivity contribution is 5.50. The fraction of sp³-hybridized carbons (Fsp3) is 0.163. The lowest BCUT2D eigenvalue weighted by atomic mass is 10.2. The van der Waals surface area contributed by atoms with E-state index in [0.29, 0.717) is 39.4 Å². The summed E-state index contributed by atoms with van der Waals surface area (Å²) in [5, 5.41) is 0. The average Bonchev–Trinajstić information content (AvgIpc) is 3.39. The first-order valence-corrected chi connectivity index (χ1v) is 20.8. The molecule has 0 amide bonds. The topological polar surface area (TPSA) is 140 Å². The Labute approximate surface area is 371 Å². The van der Waals surface area contributed by atoms with E-state index < -0.39 is 0 Å². The predicted molar refractivity (Wildman–Crippen MR) is 243 cm³/mol. The van der Waals surface area contributed by atoms with Gasteiger partial charge in [-0.2, -0.15) is 0 Å². The molecule has 10 heterocycles. The minimum absolute atomic E-state index is 0.461. The third kappa shape index (κ3) is 10.4. The van der Waals surface area contributed by atoms with Gasteiger partial charge < -0.3 is 38.5 Å². The molecule has 64 heavy (non-hydrogen) atoms. The Kier molecular flexibility index (Phi) is 13.1. The highest BCUT2D eigenvalue weighted by Gasteiger charge is 2.21. The molecule has 4 aliphatic heterocycles. The summed E-state index contributed by atoms with van der Waals surface area (Å²) in [7, 11) is 0. The summed E-state index contributed by atoms with van der Waals surface area (Å²) in [6.45, 7) is 5.26. The molecule has 15 nitrogen and oxygen atoms in total. The third-order valence-electron chi connectivity index (χ3n) is 10.4. The van der Waals surface area contributed by atoms with Crippen molar-refractivity contribution in [2.24, 2.45) is 0 Å². The van der Waals surface area contributed by atoms with Crippen LogP contribution >= 0.6 is 0 Å². The maximum absolute atomic E-state index is 5.65. The van der Waals surface area contributed by atoms with Gasteiger partial charge in [0, 0.05) is 60.3 Å². The number of anilines is 4. The number of pyridine rings is 5. The Balaban J connectivity index is 0.000000108. The van der Waals surface area contributed by atoms with E-state index in [0.717, 1.165) is 71.1 Å². The first-order chi connectivity index (χ1) is 31.7. The molecule has 6 aromatic heterocycles. The minimum Gasteiger partial charge on any atom is -0.471 e. The number of aromatic nitrogens is 7. The molecule has 8 aromatic rings. The zero-order chi connectivity index (χ0) is 43.2. The van der Waals surface area contributed by atoms with Gasteiger partial charge in [0.15, 0.2) is 26.9 Å². The van der Waals surface area contributed by atoms with E-state index in [9.17, 15) is 0 Å². The molecular formula is C49H45N11O4. The van der Waals surface area contributed by atoms with Crippen LogP contribution in [-0.4, -0.2) is 61.8 Å². The molecule has 0 saturated carbocycles. The van der Waals surface area contributed by atoms with E-state index in [-0.39, 0.29) is 0 Å². The lowest BCUT2D eigenvalue weighted by Crippen LogP contribution is -2.33. The second-order valence-corrected chi connectivity index (χ2v) is 14.6. The standard InChI is InChI=1S/2C13H12N2O.C12H11N3O.C11H10N4O/c1-2-6-12(7-3-1)15-9-11-5-4-8-14-13(11)16-10-15;1-2-5-11(6-3-1)15-9-12-13(16-10-15)7-4-8-14-12;1-3-10(7-13-5-1)15-8-11-12(16-9-15)4-2-6-14-11;1-3-10-9(12-4-1)7-15(8-16-10)11-13-5-2-6-14-11/h2*1-8H,9-10H2;1-7H,8-9H2;1-6H,7-8H2. The van der Waals surface area contributed by atoms with Gasteiger partial charge in [0.25, 0.3) is 0 Å². The smallest absolute Gasteiger partial charge is 0.228 e. The molecule has 0 aliphatic carbocycles. The highest BCUT2D eigenvalue weighted by atomic mass is 16.5. The molecule has 12 rings (SSSR count). The second-order valence-electron chi connectivity index (χ2n) is 14.6. The SMILES string of the molecule is c1ccc(N2COc3cccnc3C2)cc1.c1ccc(N2COc3ncccc3C2)cc1.c1cnc(N2COc3cccnc3C2)nc1.c1cncc(N2COc3cccnc3C2)c1. The number of nitrogens with zero attached hydrogens (tertiary/aromatic N) is 11. The van der Waals surface area contributed by atoms with Gasteiger partial charge in [-0.25, -0.2) is 15.0 Å². The lowest BCUT2D eigenvalue weighted by molar-refractivity contribution is 0.277. The summed E-state index contributed by atoms with van der Waals surface area (Å²) < 4.78 is 22.5.